The second-order valence-electron chi connectivity index (χ2n) is 8.74. The van der Waals surface area contributed by atoms with E-state index >= 15 is 0 Å². The number of halogens is 2. The third kappa shape index (κ3) is 3.44. The summed E-state index contributed by atoms with van der Waals surface area (Å²) >= 11 is 0. The number of aliphatic hydroxyl groups is 1. The second kappa shape index (κ2) is 7.78. The fraction of sp³-hybridized carbons (Fsp3) is 0.440. The Kier molecular flexibility index (Phi) is 5.11. The maximum Gasteiger partial charge on any atom is 0.127 e. The molecule has 2 saturated carbocycles. The zero-order valence-electron chi connectivity index (χ0n) is 16.8. The van der Waals surface area contributed by atoms with Crippen molar-refractivity contribution in [2.75, 3.05) is 13.2 Å². The Bertz CT molecular complexity index is 951. The van der Waals surface area contributed by atoms with Crippen molar-refractivity contribution in [2.45, 2.75) is 49.7 Å². The van der Waals surface area contributed by atoms with Crippen LogP contribution in [0.5, 0.6) is 5.75 Å². The Labute approximate surface area is 175 Å². The van der Waals surface area contributed by atoms with Crippen molar-refractivity contribution < 1.29 is 23.4 Å². The molecule has 3 aliphatic rings. The van der Waals surface area contributed by atoms with Gasteiger partial charge in [-0.05, 0) is 85.6 Å². The van der Waals surface area contributed by atoms with Crippen LogP contribution in [0.3, 0.4) is 0 Å². The highest BCUT2D eigenvalue weighted by Gasteiger charge is 2.51. The summed E-state index contributed by atoms with van der Waals surface area (Å²) in [6.07, 6.45) is 7.09. The molecule has 0 bridgehead atoms. The third-order valence-corrected chi connectivity index (χ3v) is 6.92. The van der Waals surface area contributed by atoms with Crippen LogP contribution in [0, 0.1) is 17.6 Å². The molecule has 2 fully saturated rings. The number of hydrogen-bond donors (Lipinski definition) is 1. The van der Waals surface area contributed by atoms with Crippen LogP contribution in [-0.2, 0) is 4.74 Å². The first-order chi connectivity index (χ1) is 14.6. The molecule has 1 spiro atoms. The van der Waals surface area contributed by atoms with Crippen LogP contribution in [0.2, 0.25) is 0 Å². The first-order valence-electron chi connectivity index (χ1n) is 10.8. The van der Waals surface area contributed by atoms with Crippen molar-refractivity contribution in [2.24, 2.45) is 5.92 Å². The molecular formula is C25H26F2O3. The van der Waals surface area contributed by atoms with Gasteiger partial charge in [0.1, 0.15) is 17.4 Å². The molecule has 1 heterocycles. The lowest BCUT2D eigenvalue weighted by atomic mass is 9.80. The van der Waals surface area contributed by atoms with Crippen molar-refractivity contribution in [3.05, 3.63) is 71.3 Å². The Morgan fingerprint density at radius 3 is 2.50 bits per heavy atom. The molecule has 30 heavy (non-hydrogen) atoms. The van der Waals surface area contributed by atoms with E-state index in [1.54, 1.807) is 18.2 Å². The average molecular weight is 412 g/mol. The molecule has 5 rings (SSSR count). The van der Waals surface area contributed by atoms with Crippen LogP contribution < -0.4 is 4.74 Å². The molecule has 0 amide bonds. The highest BCUT2D eigenvalue weighted by Crippen LogP contribution is 2.53. The van der Waals surface area contributed by atoms with Gasteiger partial charge in [0.25, 0.3) is 0 Å². The molecule has 0 saturated heterocycles. The molecule has 3 atom stereocenters. The first-order valence-corrected chi connectivity index (χ1v) is 10.8. The molecular weight excluding hydrogens is 386 g/mol. The lowest BCUT2D eigenvalue weighted by Crippen LogP contribution is -2.33. The minimum Gasteiger partial charge on any atom is -0.490 e. The molecule has 1 N–H and O–H groups in total. The van der Waals surface area contributed by atoms with Gasteiger partial charge in [-0.3, -0.25) is 0 Å². The monoisotopic (exact) mass is 412 g/mol. The summed E-state index contributed by atoms with van der Waals surface area (Å²) in [4.78, 5) is 0. The van der Waals surface area contributed by atoms with Crippen molar-refractivity contribution in [1.29, 1.82) is 0 Å². The van der Waals surface area contributed by atoms with E-state index in [0.717, 1.165) is 48.8 Å². The quantitative estimate of drug-likeness (QED) is 0.730. The molecule has 0 unspecified atom stereocenters. The number of rotatable bonds is 5. The Hall–Kier alpha value is -2.24. The van der Waals surface area contributed by atoms with Crippen LogP contribution in [0.4, 0.5) is 8.78 Å². The van der Waals surface area contributed by atoms with Crippen LogP contribution in [0.15, 0.2) is 48.5 Å². The van der Waals surface area contributed by atoms with Gasteiger partial charge in [-0.2, -0.15) is 0 Å². The predicted molar refractivity (Wildman–Crippen MR) is 110 cm³/mol. The molecule has 2 aromatic rings. The summed E-state index contributed by atoms with van der Waals surface area (Å²) in [7, 11) is 0. The number of ether oxygens (including phenoxy) is 2. The SMILES string of the molecule is OC[C@H]1CC[C@@]2(C=C(c3cc(F)ccc3OC3CCC3)CO2)[C@@H]1c1ccc(F)cc1. The van der Waals surface area contributed by atoms with E-state index in [0.29, 0.717) is 12.4 Å². The lowest BCUT2D eigenvalue weighted by Gasteiger charge is -2.32. The minimum absolute atomic E-state index is 0.0317. The van der Waals surface area contributed by atoms with Crippen LogP contribution in [0.25, 0.3) is 5.57 Å². The maximum absolute atomic E-state index is 14.1. The molecule has 5 heteroatoms. The van der Waals surface area contributed by atoms with Crippen LogP contribution in [0.1, 0.15) is 49.1 Å². The van der Waals surface area contributed by atoms with Gasteiger partial charge < -0.3 is 14.6 Å². The van der Waals surface area contributed by atoms with E-state index in [4.69, 9.17) is 9.47 Å². The van der Waals surface area contributed by atoms with E-state index in [1.165, 1.54) is 24.3 Å². The van der Waals surface area contributed by atoms with Gasteiger partial charge >= 0.3 is 0 Å². The summed E-state index contributed by atoms with van der Waals surface area (Å²) in [5.74, 6) is 0.0625. The van der Waals surface area contributed by atoms with E-state index in [-0.39, 0.29) is 36.2 Å². The predicted octanol–water partition coefficient (Wildman–Crippen LogP) is 5.23. The van der Waals surface area contributed by atoms with Crippen LogP contribution in [-0.4, -0.2) is 30.0 Å². The smallest absolute Gasteiger partial charge is 0.127 e. The molecule has 1 aliphatic heterocycles. The lowest BCUT2D eigenvalue weighted by molar-refractivity contribution is 0.0106. The van der Waals surface area contributed by atoms with Gasteiger partial charge in [0.15, 0.2) is 0 Å². The Morgan fingerprint density at radius 2 is 1.80 bits per heavy atom. The van der Waals surface area contributed by atoms with E-state index in [2.05, 4.69) is 6.08 Å². The van der Waals surface area contributed by atoms with Gasteiger partial charge in [0.05, 0.1) is 18.3 Å². The number of hydrogen-bond acceptors (Lipinski definition) is 3. The first kappa shape index (κ1) is 19.7. The largest absolute Gasteiger partial charge is 0.490 e. The summed E-state index contributed by atoms with van der Waals surface area (Å²) in [5.41, 5.74) is 2.02. The van der Waals surface area contributed by atoms with Crippen molar-refractivity contribution in [3.8, 4) is 5.75 Å². The highest BCUT2D eigenvalue weighted by atomic mass is 19.1. The highest BCUT2D eigenvalue weighted by molar-refractivity contribution is 5.74. The fourth-order valence-corrected chi connectivity index (χ4v) is 5.15. The van der Waals surface area contributed by atoms with Crippen molar-refractivity contribution in [1.82, 2.24) is 0 Å². The van der Waals surface area contributed by atoms with Gasteiger partial charge in [0, 0.05) is 18.1 Å². The third-order valence-electron chi connectivity index (χ3n) is 6.92. The second-order valence-corrected chi connectivity index (χ2v) is 8.74. The summed E-state index contributed by atoms with van der Waals surface area (Å²) in [5, 5.41) is 9.97. The van der Waals surface area contributed by atoms with E-state index in [9.17, 15) is 13.9 Å². The van der Waals surface area contributed by atoms with E-state index in [1.807, 2.05) is 0 Å². The van der Waals surface area contributed by atoms with Crippen molar-refractivity contribution in [3.63, 3.8) is 0 Å². The molecule has 0 radical (unpaired) electrons. The number of aliphatic hydroxyl groups excluding tert-OH is 1. The van der Waals surface area contributed by atoms with Gasteiger partial charge in [-0.1, -0.05) is 12.1 Å². The Balaban J connectivity index is 1.51. The Morgan fingerprint density at radius 1 is 1.03 bits per heavy atom. The zero-order chi connectivity index (χ0) is 20.7. The summed E-state index contributed by atoms with van der Waals surface area (Å²) < 4.78 is 40.1. The molecule has 158 valence electrons. The summed E-state index contributed by atoms with van der Waals surface area (Å²) in [6.45, 7) is 0.409. The number of benzene rings is 2. The molecule has 2 aromatic carbocycles. The van der Waals surface area contributed by atoms with Crippen LogP contribution >= 0.6 is 0 Å². The normalized spacial score (nSPS) is 28.6. The zero-order valence-corrected chi connectivity index (χ0v) is 16.8. The molecule has 0 aromatic heterocycles. The standard InChI is InChI=1S/C25H26F2O3/c26-19-6-4-16(5-7-19)24-17(14-28)10-11-25(24)13-18(15-29-25)22-12-20(27)8-9-23(22)30-21-2-1-3-21/h4-9,12-13,17,21,24,28H,1-3,10-11,14-15H2/t17-,24-,25-/m1/s1. The maximum atomic E-state index is 14.1. The van der Waals surface area contributed by atoms with Gasteiger partial charge in [-0.25, -0.2) is 8.78 Å². The van der Waals surface area contributed by atoms with E-state index < -0.39 is 5.60 Å². The topological polar surface area (TPSA) is 38.7 Å². The average Bonchev–Trinajstić information content (AvgIpc) is 3.30. The molecule has 3 nitrogen and oxygen atoms in total. The summed E-state index contributed by atoms with van der Waals surface area (Å²) in [6, 6.07) is 11.1. The fourth-order valence-electron chi connectivity index (χ4n) is 5.15. The van der Waals surface area contributed by atoms with Gasteiger partial charge in [-0.15, -0.1) is 0 Å². The minimum atomic E-state index is -0.583. The van der Waals surface area contributed by atoms with Crippen molar-refractivity contribution >= 4 is 5.57 Å². The molecule has 2 aliphatic carbocycles. The van der Waals surface area contributed by atoms with Gasteiger partial charge in [0.2, 0.25) is 0 Å².